The molecule has 1 aliphatic rings. The van der Waals surface area contributed by atoms with Crippen molar-refractivity contribution in [1.29, 1.82) is 0 Å². The molecule has 1 saturated heterocycles. The fraction of sp³-hybridized carbons (Fsp3) is 1.00. The Bertz CT molecular complexity index is 292. The van der Waals surface area contributed by atoms with E-state index in [1.54, 1.807) is 4.31 Å². The topological polar surface area (TPSA) is 61.4 Å². The van der Waals surface area contributed by atoms with E-state index in [2.05, 4.69) is 17.0 Å². The first kappa shape index (κ1) is 13.9. The fourth-order valence-corrected chi connectivity index (χ4v) is 3.26. The van der Waals surface area contributed by atoms with Crippen LogP contribution in [0, 0.1) is 5.92 Å². The van der Waals surface area contributed by atoms with E-state index in [-0.39, 0.29) is 0 Å². The molecule has 16 heavy (non-hydrogen) atoms. The predicted octanol–water partition coefficient (Wildman–Crippen LogP) is 0.162. The first-order valence-electron chi connectivity index (χ1n) is 6.01. The van der Waals surface area contributed by atoms with Crippen LogP contribution in [-0.4, -0.2) is 45.4 Å². The molecule has 0 bridgehead atoms. The molecule has 1 atom stereocenters. The Morgan fingerprint density at radius 1 is 1.38 bits per heavy atom. The quantitative estimate of drug-likeness (QED) is 0.659. The lowest BCUT2D eigenvalue weighted by Gasteiger charge is -2.29. The Morgan fingerprint density at radius 3 is 2.75 bits per heavy atom. The van der Waals surface area contributed by atoms with Crippen molar-refractivity contribution in [2.75, 3.05) is 32.7 Å². The summed E-state index contributed by atoms with van der Waals surface area (Å²) in [5.41, 5.74) is 0. The Kier molecular flexibility index (Phi) is 5.68. The van der Waals surface area contributed by atoms with Crippen LogP contribution in [0.3, 0.4) is 0 Å². The second-order valence-electron chi connectivity index (χ2n) is 4.36. The minimum Gasteiger partial charge on any atom is -0.316 e. The third kappa shape index (κ3) is 4.37. The lowest BCUT2D eigenvalue weighted by Crippen LogP contribution is -2.46. The van der Waals surface area contributed by atoms with Crippen LogP contribution in [0.5, 0.6) is 0 Å². The monoisotopic (exact) mass is 249 g/mol. The Hall–Kier alpha value is -0.170. The first-order valence-corrected chi connectivity index (χ1v) is 7.45. The lowest BCUT2D eigenvalue weighted by atomic mass is 10.0. The molecule has 0 aromatic rings. The van der Waals surface area contributed by atoms with Crippen molar-refractivity contribution in [1.82, 2.24) is 14.3 Å². The van der Waals surface area contributed by atoms with Crippen LogP contribution in [-0.2, 0) is 10.2 Å². The normalized spacial score (nSPS) is 23.5. The summed E-state index contributed by atoms with van der Waals surface area (Å²) in [5, 5.41) is 3.09. The number of hydrogen-bond donors (Lipinski definition) is 2. The van der Waals surface area contributed by atoms with Gasteiger partial charge in [0.05, 0.1) is 0 Å². The molecule has 2 N–H and O–H groups in total. The standard InChI is InChI=1S/C10H23N3O2S/c1-3-11-6-7-12-16(14,15)13-8-4-5-10(2)9-13/h10-12H,3-9H2,1-2H3. The zero-order chi connectivity index (χ0) is 12.0. The van der Waals surface area contributed by atoms with Gasteiger partial charge in [0.25, 0.3) is 10.2 Å². The zero-order valence-corrected chi connectivity index (χ0v) is 11.0. The van der Waals surface area contributed by atoms with Crippen LogP contribution in [0.15, 0.2) is 0 Å². The highest BCUT2D eigenvalue weighted by Crippen LogP contribution is 2.17. The summed E-state index contributed by atoms with van der Waals surface area (Å²) >= 11 is 0. The van der Waals surface area contributed by atoms with Gasteiger partial charge in [0.15, 0.2) is 0 Å². The van der Waals surface area contributed by atoms with Gasteiger partial charge in [0.1, 0.15) is 0 Å². The van der Waals surface area contributed by atoms with E-state index >= 15 is 0 Å². The molecule has 6 heteroatoms. The molecule has 1 rings (SSSR count). The van der Waals surface area contributed by atoms with Crippen molar-refractivity contribution in [3.05, 3.63) is 0 Å². The van der Waals surface area contributed by atoms with Crippen molar-refractivity contribution in [2.24, 2.45) is 5.92 Å². The molecule has 0 spiro atoms. The van der Waals surface area contributed by atoms with Crippen LogP contribution >= 0.6 is 0 Å². The highest BCUT2D eigenvalue weighted by molar-refractivity contribution is 7.87. The summed E-state index contributed by atoms with van der Waals surface area (Å²) in [6.45, 7) is 7.40. The molecule has 0 amide bonds. The summed E-state index contributed by atoms with van der Waals surface area (Å²) in [4.78, 5) is 0. The number of nitrogens with zero attached hydrogens (tertiary/aromatic N) is 1. The summed E-state index contributed by atoms with van der Waals surface area (Å²) in [7, 11) is -3.25. The van der Waals surface area contributed by atoms with E-state index < -0.39 is 10.2 Å². The third-order valence-electron chi connectivity index (χ3n) is 2.80. The molecule has 1 unspecified atom stereocenters. The van der Waals surface area contributed by atoms with E-state index in [4.69, 9.17) is 0 Å². The second-order valence-corrected chi connectivity index (χ2v) is 6.11. The highest BCUT2D eigenvalue weighted by atomic mass is 32.2. The fourth-order valence-electron chi connectivity index (χ4n) is 1.90. The SMILES string of the molecule is CCNCCNS(=O)(=O)N1CCCC(C)C1. The first-order chi connectivity index (χ1) is 7.56. The Morgan fingerprint density at radius 2 is 2.12 bits per heavy atom. The second kappa shape index (κ2) is 6.54. The van der Waals surface area contributed by atoms with Gasteiger partial charge in [-0.05, 0) is 25.3 Å². The lowest BCUT2D eigenvalue weighted by molar-refractivity contribution is 0.278. The van der Waals surface area contributed by atoms with Gasteiger partial charge in [-0.2, -0.15) is 12.7 Å². The molecule has 0 aromatic heterocycles. The number of nitrogens with one attached hydrogen (secondary N) is 2. The molecule has 0 radical (unpaired) electrons. The number of rotatable bonds is 6. The van der Waals surface area contributed by atoms with Gasteiger partial charge in [0.2, 0.25) is 0 Å². The molecular formula is C10H23N3O2S. The van der Waals surface area contributed by atoms with Crippen LogP contribution in [0.1, 0.15) is 26.7 Å². The predicted molar refractivity (Wildman–Crippen MR) is 65.4 cm³/mol. The van der Waals surface area contributed by atoms with Gasteiger partial charge >= 0.3 is 0 Å². The molecule has 1 aliphatic heterocycles. The minimum absolute atomic E-state index is 0.459. The van der Waals surface area contributed by atoms with E-state index in [1.807, 2.05) is 6.92 Å². The van der Waals surface area contributed by atoms with Crippen LogP contribution < -0.4 is 10.0 Å². The van der Waals surface area contributed by atoms with E-state index in [1.165, 1.54) is 0 Å². The van der Waals surface area contributed by atoms with Crippen molar-refractivity contribution < 1.29 is 8.42 Å². The number of piperidine rings is 1. The maximum absolute atomic E-state index is 11.9. The highest BCUT2D eigenvalue weighted by Gasteiger charge is 2.26. The van der Waals surface area contributed by atoms with Crippen LogP contribution in [0.2, 0.25) is 0 Å². The molecule has 96 valence electrons. The van der Waals surface area contributed by atoms with Gasteiger partial charge in [-0.1, -0.05) is 13.8 Å². The van der Waals surface area contributed by atoms with Gasteiger partial charge in [-0.15, -0.1) is 0 Å². The molecule has 0 aliphatic carbocycles. The summed E-state index contributed by atoms with van der Waals surface area (Å²) in [6, 6.07) is 0. The molecule has 0 aromatic carbocycles. The van der Waals surface area contributed by atoms with E-state index in [0.29, 0.717) is 32.1 Å². The smallest absolute Gasteiger partial charge is 0.279 e. The van der Waals surface area contributed by atoms with Crippen molar-refractivity contribution in [2.45, 2.75) is 26.7 Å². The zero-order valence-electron chi connectivity index (χ0n) is 10.2. The number of hydrogen-bond acceptors (Lipinski definition) is 3. The van der Waals surface area contributed by atoms with Crippen molar-refractivity contribution >= 4 is 10.2 Å². The molecule has 1 fully saturated rings. The van der Waals surface area contributed by atoms with Gasteiger partial charge in [0, 0.05) is 26.2 Å². The average molecular weight is 249 g/mol. The average Bonchev–Trinajstić information content (AvgIpc) is 2.24. The molecule has 1 heterocycles. The van der Waals surface area contributed by atoms with Gasteiger partial charge < -0.3 is 5.32 Å². The molecular weight excluding hydrogens is 226 g/mol. The van der Waals surface area contributed by atoms with Crippen LogP contribution in [0.4, 0.5) is 0 Å². The largest absolute Gasteiger partial charge is 0.316 e. The van der Waals surface area contributed by atoms with Crippen molar-refractivity contribution in [3.63, 3.8) is 0 Å². The van der Waals surface area contributed by atoms with Crippen molar-refractivity contribution in [3.8, 4) is 0 Å². The minimum atomic E-state index is -3.25. The Labute approximate surface area is 98.8 Å². The number of likely N-dealkylation sites (N-methyl/N-ethyl adjacent to an activating group) is 1. The summed E-state index contributed by atoms with van der Waals surface area (Å²) in [5.74, 6) is 0.471. The summed E-state index contributed by atoms with van der Waals surface area (Å²) < 4.78 is 27.9. The molecule has 5 nitrogen and oxygen atoms in total. The third-order valence-corrected chi connectivity index (χ3v) is 4.38. The van der Waals surface area contributed by atoms with Crippen LogP contribution in [0.25, 0.3) is 0 Å². The summed E-state index contributed by atoms with van der Waals surface area (Å²) in [6.07, 6.45) is 2.10. The van der Waals surface area contributed by atoms with E-state index in [0.717, 1.165) is 19.4 Å². The Balaban J connectivity index is 2.37. The maximum Gasteiger partial charge on any atom is 0.279 e. The molecule has 0 saturated carbocycles. The van der Waals surface area contributed by atoms with Gasteiger partial charge in [-0.3, -0.25) is 0 Å². The van der Waals surface area contributed by atoms with E-state index in [9.17, 15) is 8.42 Å². The maximum atomic E-state index is 11.9. The van der Waals surface area contributed by atoms with Gasteiger partial charge in [-0.25, -0.2) is 4.72 Å².